The summed E-state index contributed by atoms with van der Waals surface area (Å²) in [5.41, 5.74) is 0.188. The minimum atomic E-state index is -0.629. The molecular weight excluding hydrogens is 347 g/mol. The standard InChI is InChI=1S/C17H16ClFN4O2/c1-22(16-5-4-15(18)20-21-16)12-6-7-23(9-12)17(25)13-8-11(10-24)2-3-14(13)19/h2-5,8,10,12H,6-7,9H2,1H3/t12-/m1/s1. The van der Waals surface area contributed by atoms with Crippen molar-refractivity contribution >= 4 is 29.6 Å². The monoisotopic (exact) mass is 362 g/mol. The molecule has 3 rings (SSSR count). The molecular formula is C17H16ClFN4O2. The van der Waals surface area contributed by atoms with Crippen molar-refractivity contribution in [2.45, 2.75) is 12.5 Å². The SMILES string of the molecule is CN(c1ccc(Cl)nn1)[C@@H]1CCN(C(=O)c2cc(C=O)ccc2F)C1. The zero-order chi connectivity index (χ0) is 18.0. The van der Waals surface area contributed by atoms with E-state index in [0.29, 0.717) is 30.3 Å². The Morgan fingerprint density at radius 1 is 1.36 bits per heavy atom. The Bertz CT molecular complexity index is 800. The fraction of sp³-hybridized carbons (Fsp3) is 0.294. The molecule has 1 atom stereocenters. The van der Waals surface area contributed by atoms with Gasteiger partial charge in [-0.25, -0.2) is 4.39 Å². The Kier molecular flexibility index (Phi) is 4.94. The number of carbonyl (C=O) groups excluding carboxylic acids is 2. The van der Waals surface area contributed by atoms with Crippen LogP contribution in [0.3, 0.4) is 0 Å². The predicted octanol–water partition coefficient (Wildman–Crippen LogP) is 2.43. The molecule has 1 aliphatic heterocycles. The number of nitrogens with zero attached hydrogens (tertiary/aromatic N) is 4. The molecule has 0 bridgehead atoms. The van der Waals surface area contributed by atoms with E-state index in [1.54, 1.807) is 17.0 Å². The number of hydrogen-bond donors (Lipinski definition) is 0. The van der Waals surface area contributed by atoms with Gasteiger partial charge in [-0.05, 0) is 36.8 Å². The number of benzene rings is 1. The quantitative estimate of drug-likeness (QED) is 0.781. The molecule has 6 nitrogen and oxygen atoms in total. The summed E-state index contributed by atoms with van der Waals surface area (Å²) in [6.07, 6.45) is 1.32. The molecule has 0 aliphatic carbocycles. The van der Waals surface area contributed by atoms with E-state index in [1.165, 1.54) is 12.1 Å². The van der Waals surface area contributed by atoms with Gasteiger partial charge in [0.1, 0.15) is 12.1 Å². The van der Waals surface area contributed by atoms with Gasteiger partial charge in [-0.1, -0.05) is 11.6 Å². The highest BCUT2D eigenvalue weighted by Crippen LogP contribution is 2.22. The normalized spacial score (nSPS) is 16.8. The van der Waals surface area contributed by atoms with Gasteiger partial charge in [0.15, 0.2) is 11.0 Å². The summed E-state index contributed by atoms with van der Waals surface area (Å²) >= 11 is 5.74. The van der Waals surface area contributed by atoms with Gasteiger partial charge in [0.05, 0.1) is 5.56 Å². The van der Waals surface area contributed by atoms with E-state index >= 15 is 0 Å². The molecule has 1 fully saturated rings. The van der Waals surface area contributed by atoms with Gasteiger partial charge >= 0.3 is 0 Å². The van der Waals surface area contributed by atoms with Gasteiger partial charge in [-0.15, -0.1) is 10.2 Å². The van der Waals surface area contributed by atoms with Gasteiger partial charge in [-0.3, -0.25) is 9.59 Å². The lowest BCUT2D eigenvalue weighted by atomic mass is 10.1. The first-order valence-corrected chi connectivity index (χ1v) is 8.13. The second kappa shape index (κ2) is 7.14. The number of amides is 1. The Labute approximate surface area is 149 Å². The second-order valence-electron chi connectivity index (χ2n) is 5.88. The average molecular weight is 363 g/mol. The van der Waals surface area contributed by atoms with Crippen LogP contribution in [-0.4, -0.2) is 53.5 Å². The number of rotatable bonds is 4. The molecule has 25 heavy (non-hydrogen) atoms. The Morgan fingerprint density at radius 2 is 2.16 bits per heavy atom. The van der Waals surface area contributed by atoms with E-state index in [4.69, 9.17) is 11.6 Å². The first-order chi connectivity index (χ1) is 12.0. The van der Waals surface area contributed by atoms with Crippen LogP contribution in [-0.2, 0) is 0 Å². The molecule has 1 aliphatic rings. The fourth-order valence-corrected chi connectivity index (χ4v) is 2.98. The van der Waals surface area contributed by atoms with E-state index in [1.807, 2.05) is 11.9 Å². The lowest BCUT2D eigenvalue weighted by Crippen LogP contribution is -2.37. The average Bonchev–Trinajstić information content (AvgIpc) is 3.12. The first kappa shape index (κ1) is 17.3. The summed E-state index contributed by atoms with van der Waals surface area (Å²) in [5.74, 6) is -0.395. The number of halogens is 2. The van der Waals surface area contributed by atoms with Crippen LogP contribution in [0.4, 0.5) is 10.2 Å². The van der Waals surface area contributed by atoms with E-state index < -0.39 is 11.7 Å². The number of hydrogen-bond acceptors (Lipinski definition) is 5. The van der Waals surface area contributed by atoms with Crippen molar-refractivity contribution in [2.75, 3.05) is 25.0 Å². The van der Waals surface area contributed by atoms with Crippen molar-refractivity contribution < 1.29 is 14.0 Å². The molecule has 0 spiro atoms. The highest BCUT2D eigenvalue weighted by atomic mass is 35.5. The summed E-state index contributed by atoms with van der Waals surface area (Å²) < 4.78 is 14.0. The van der Waals surface area contributed by atoms with E-state index in [0.717, 1.165) is 12.5 Å². The number of likely N-dealkylation sites (N-methyl/N-ethyl adjacent to an activating group) is 1. The van der Waals surface area contributed by atoms with Crippen molar-refractivity contribution in [1.29, 1.82) is 0 Å². The third kappa shape index (κ3) is 3.61. The molecule has 1 amide bonds. The first-order valence-electron chi connectivity index (χ1n) is 7.75. The maximum absolute atomic E-state index is 14.0. The molecule has 0 radical (unpaired) electrons. The maximum atomic E-state index is 14.0. The Balaban J connectivity index is 1.73. The largest absolute Gasteiger partial charge is 0.353 e. The lowest BCUT2D eigenvalue weighted by Gasteiger charge is -2.25. The molecule has 0 unspecified atom stereocenters. The molecule has 2 heterocycles. The van der Waals surface area contributed by atoms with Crippen molar-refractivity contribution in [3.05, 3.63) is 52.4 Å². The topological polar surface area (TPSA) is 66.4 Å². The van der Waals surface area contributed by atoms with Crippen LogP contribution < -0.4 is 4.90 Å². The number of likely N-dealkylation sites (tertiary alicyclic amines) is 1. The smallest absolute Gasteiger partial charge is 0.256 e. The third-order valence-corrected chi connectivity index (χ3v) is 4.54. The zero-order valence-electron chi connectivity index (χ0n) is 13.5. The summed E-state index contributed by atoms with van der Waals surface area (Å²) in [5, 5.41) is 8.15. The van der Waals surface area contributed by atoms with Gasteiger partial charge in [0.25, 0.3) is 5.91 Å². The summed E-state index contributed by atoms with van der Waals surface area (Å²) in [4.78, 5) is 27.0. The molecule has 0 N–H and O–H groups in total. The number of aromatic nitrogens is 2. The van der Waals surface area contributed by atoms with Crippen molar-refractivity contribution in [2.24, 2.45) is 0 Å². The number of carbonyl (C=O) groups is 2. The minimum Gasteiger partial charge on any atom is -0.353 e. The van der Waals surface area contributed by atoms with Crippen LogP contribution >= 0.6 is 11.6 Å². The fourth-order valence-electron chi connectivity index (χ4n) is 2.88. The molecule has 1 saturated heterocycles. The van der Waals surface area contributed by atoms with Crippen LogP contribution in [0.2, 0.25) is 5.15 Å². The predicted molar refractivity (Wildman–Crippen MR) is 91.5 cm³/mol. The molecule has 1 aromatic heterocycles. The van der Waals surface area contributed by atoms with Crippen LogP contribution in [0, 0.1) is 5.82 Å². The summed E-state index contributed by atoms with van der Waals surface area (Å²) in [7, 11) is 1.87. The van der Waals surface area contributed by atoms with Crippen molar-refractivity contribution in [3.63, 3.8) is 0 Å². The van der Waals surface area contributed by atoms with E-state index in [9.17, 15) is 14.0 Å². The number of anilines is 1. The van der Waals surface area contributed by atoms with Crippen LogP contribution in [0.1, 0.15) is 27.1 Å². The van der Waals surface area contributed by atoms with E-state index in [-0.39, 0.29) is 17.2 Å². The van der Waals surface area contributed by atoms with Gasteiger partial charge in [-0.2, -0.15) is 0 Å². The molecule has 1 aromatic carbocycles. The van der Waals surface area contributed by atoms with Gasteiger partial charge < -0.3 is 9.80 Å². The third-order valence-electron chi connectivity index (χ3n) is 4.33. The second-order valence-corrected chi connectivity index (χ2v) is 6.26. The van der Waals surface area contributed by atoms with Crippen molar-refractivity contribution in [3.8, 4) is 0 Å². The zero-order valence-corrected chi connectivity index (χ0v) is 14.3. The maximum Gasteiger partial charge on any atom is 0.256 e. The van der Waals surface area contributed by atoms with Crippen LogP contribution in [0.25, 0.3) is 0 Å². The molecule has 8 heteroatoms. The van der Waals surface area contributed by atoms with Gasteiger partial charge in [0.2, 0.25) is 0 Å². The highest BCUT2D eigenvalue weighted by molar-refractivity contribution is 6.29. The summed E-state index contributed by atoms with van der Waals surface area (Å²) in [6.45, 7) is 0.935. The van der Waals surface area contributed by atoms with Gasteiger partial charge in [0, 0.05) is 31.7 Å². The summed E-state index contributed by atoms with van der Waals surface area (Å²) in [6, 6.07) is 7.22. The molecule has 2 aromatic rings. The Hall–Kier alpha value is -2.54. The van der Waals surface area contributed by atoms with Crippen LogP contribution in [0.15, 0.2) is 30.3 Å². The minimum absolute atomic E-state index is 0.0386. The highest BCUT2D eigenvalue weighted by Gasteiger charge is 2.31. The van der Waals surface area contributed by atoms with E-state index in [2.05, 4.69) is 10.2 Å². The lowest BCUT2D eigenvalue weighted by molar-refractivity contribution is 0.0786. The van der Waals surface area contributed by atoms with Crippen molar-refractivity contribution in [1.82, 2.24) is 15.1 Å². The number of aldehydes is 1. The van der Waals surface area contributed by atoms with Crippen LogP contribution in [0.5, 0.6) is 0 Å². The molecule has 130 valence electrons. The Morgan fingerprint density at radius 3 is 2.84 bits per heavy atom. The molecule has 0 saturated carbocycles.